The Morgan fingerprint density at radius 1 is 0.938 bits per heavy atom. The monoisotopic (exact) mass is 457 g/mol. The van der Waals surface area contributed by atoms with Gasteiger partial charge in [-0.25, -0.2) is 9.97 Å². The quantitative estimate of drug-likeness (QED) is 0.308. The van der Waals surface area contributed by atoms with E-state index < -0.39 is 0 Å². The van der Waals surface area contributed by atoms with E-state index in [4.69, 9.17) is 9.97 Å². The number of aromatic nitrogens is 2. The zero-order chi connectivity index (χ0) is 21.8. The Morgan fingerprint density at radius 3 is 2.34 bits per heavy atom. The number of amides is 1. The molecule has 0 atom stereocenters. The maximum Gasteiger partial charge on any atom is 0.251 e. The van der Waals surface area contributed by atoms with E-state index in [-0.39, 0.29) is 5.91 Å². The SMILES string of the molecule is O=C(NCCCC1=CCCC=C1)c1ccc2nc(-c3cccs3)c(-c3cccs3)nc2c1. The Labute approximate surface area is 195 Å². The van der Waals surface area contributed by atoms with E-state index >= 15 is 0 Å². The minimum Gasteiger partial charge on any atom is -0.352 e. The molecule has 4 aromatic rings. The summed E-state index contributed by atoms with van der Waals surface area (Å²) in [6.45, 7) is 0.658. The molecule has 0 radical (unpaired) electrons. The predicted octanol–water partition coefficient (Wildman–Crippen LogP) is 6.87. The average molecular weight is 458 g/mol. The summed E-state index contributed by atoms with van der Waals surface area (Å²) in [6.07, 6.45) is 10.9. The Kier molecular flexibility index (Phi) is 6.23. The summed E-state index contributed by atoms with van der Waals surface area (Å²) in [5.41, 5.74) is 5.26. The fourth-order valence-electron chi connectivity index (χ4n) is 3.82. The van der Waals surface area contributed by atoms with Crippen LogP contribution in [-0.4, -0.2) is 22.4 Å². The van der Waals surface area contributed by atoms with Crippen molar-refractivity contribution in [3.05, 3.63) is 82.6 Å². The molecule has 0 saturated carbocycles. The molecular weight excluding hydrogens is 434 g/mol. The molecule has 0 bridgehead atoms. The molecule has 1 aliphatic carbocycles. The Morgan fingerprint density at radius 2 is 1.69 bits per heavy atom. The number of thiophene rings is 2. The minimum absolute atomic E-state index is 0.0677. The van der Waals surface area contributed by atoms with E-state index in [1.807, 2.05) is 41.1 Å². The number of hydrogen-bond acceptors (Lipinski definition) is 5. The third-order valence-electron chi connectivity index (χ3n) is 5.44. The lowest BCUT2D eigenvalue weighted by molar-refractivity contribution is 0.0953. The van der Waals surface area contributed by atoms with Gasteiger partial charge in [0.2, 0.25) is 0 Å². The van der Waals surface area contributed by atoms with E-state index in [2.05, 4.69) is 35.7 Å². The first kappa shape index (κ1) is 20.8. The van der Waals surface area contributed by atoms with Crippen LogP contribution >= 0.6 is 22.7 Å². The van der Waals surface area contributed by atoms with Gasteiger partial charge in [-0.05, 0) is 66.8 Å². The third-order valence-corrected chi connectivity index (χ3v) is 7.19. The van der Waals surface area contributed by atoms with Crippen LogP contribution in [0.15, 0.2) is 77.0 Å². The molecule has 0 unspecified atom stereocenters. The van der Waals surface area contributed by atoms with Gasteiger partial charge in [0, 0.05) is 12.1 Å². The van der Waals surface area contributed by atoms with Crippen molar-refractivity contribution in [1.29, 1.82) is 0 Å². The second kappa shape index (κ2) is 9.59. The van der Waals surface area contributed by atoms with Crippen LogP contribution in [-0.2, 0) is 0 Å². The highest BCUT2D eigenvalue weighted by atomic mass is 32.1. The van der Waals surface area contributed by atoms with E-state index in [1.54, 1.807) is 22.7 Å². The number of carbonyl (C=O) groups is 1. The first-order valence-corrected chi connectivity index (χ1v) is 12.6. The number of hydrogen-bond donors (Lipinski definition) is 1. The Hall–Kier alpha value is -3.09. The van der Waals surface area contributed by atoms with Crippen LogP contribution in [0.3, 0.4) is 0 Å². The lowest BCUT2D eigenvalue weighted by Gasteiger charge is -2.10. The van der Waals surface area contributed by atoms with Crippen molar-refractivity contribution in [2.75, 3.05) is 6.54 Å². The molecule has 4 nitrogen and oxygen atoms in total. The smallest absolute Gasteiger partial charge is 0.251 e. The highest BCUT2D eigenvalue weighted by Crippen LogP contribution is 2.35. The van der Waals surface area contributed by atoms with E-state index in [9.17, 15) is 4.79 Å². The summed E-state index contributed by atoms with van der Waals surface area (Å²) in [5, 5.41) is 7.14. The zero-order valence-electron chi connectivity index (χ0n) is 17.6. The second-order valence-electron chi connectivity index (χ2n) is 7.70. The highest BCUT2D eigenvalue weighted by Gasteiger charge is 2.16. The second-order valence-corrected chi connectivity index (χ2v) is 9.59. The lowest BCUT2D eigenvalue weighted by atomic mass is 10.0. The normalized spacial score (nSPS) is 13.3. The Balaban J connectivity index is 1.36. The van der Waals surface area contributed by atoms with E-state index in [1.165, 1.54) is 5.57 Å². The summed E-state index contributed by atoms with van der Waals surface area (Å²) in [5.74, 6) is -0.0677. The number of allylic oxidation sites excluding steroid dienone is 4. The van der Waals surface area contributed by atoms with Crippen molar-refractivity contribution < 1.29 is 4.79 Å². The lowest BCUT2D eigenvalue weighted by Crippen LogP contribution is -2.24. The van der Waals surface area contributed by atoms with Crippen LogP contribution in [0.25, 0.3) is 32.2 Å². The van der Waals surface area contributed by atoms with Crippen LogP contribution in [0.5, 0.6) is 0 Å². The molecule has 1 aliphatic rings. The molecule has 1 N–H and O–H groups in total. The highest BCUT2D eigenvalue weighted by molar-refractivity contribution is 7.14. The zero-order valence-corrected chi connectivity index (χ0v) is 19.2. The van der Waals surface area contributed by atoms with Gasteiger partial charge in [-0.3, -0.25) is 4.79 Å². The average Bonchev–Trinajstić information content (AvgIpc) is 3.56. The van der Waals surface area contributed by atoms with Gasteiger partial charge in [0.1, 0.15) is 11.4 Å². The molecule has 0 spiro atoms. The summed E-state index contributed by atoms with van der Waals surface area (Å²) in [6, 6.07) is 13.8. The van der Waals surface area contributed by atoms with E-state index in [0.29, 0.717) is 12.1 Å². The molecule has 3 aromatic heterocycles. The van der Waals surface area contributed by atoms with Crippen LogP contribution in [0.2, 0.25) is 0 Å². The van der Waals surface area contributed by atoms with Gasteiger partial charge in [0.05, 0.1) is 20.8 Å². The van der Waals surface area contributed by atoms with Crippen LogP contribution in [0, 0.1) is 0 Å². The third kappa shape index (κ3) is 4.56. The summed E-state index contributed by atoms with van der Waals surface area (Å²) >= 11 is 3.30. The van der Waals surface area contributed by atoms with Crippen molar-refractivity contribution in [2.45, 2.75) is 25.7 Å². The van der Waals surface area contributed by atoms with Gasteiger partial charge in [-0.1, -0.05) is 35.9 Å². The van der Waals surface area contributed by atoms with E-state index in [0.717, 1.165) is 57.9 Å². The van der Waals surface area contributed by atoms with Gasteiger partial charge < -0.3 is 5.32 Å². The fourth-order valence-corrected chi connectivity index (χ4v) is 5.25. The van der Waals surface area contributed by atoms with Crippen LogP contribution in [0.1, 0.15) is 36.0 Å². The van der Waals surface area contributed by atoms with Gasteiger partial charge in [0.25, 0.3) is 5.91 Å². The molecule has 0 aliphatic heterocycles. The van der Waals surface area contributed by atoms with Crippen molar-refractivity contribution in [2.24, 2.45) is 0 Å². The molecule has 1 amide bonds. The summed E-state index contributed by atoms with van der Waals surface area (Å²) in [7, 11) is 0. The predicted molar refractivity (Wildman–Crippen MR) is 134 cm³/mol. The van der Waals surface area contributed by atoms with Crippen molar-refractivity contribution in [3.8, 4) is 21.1 Å². The van der Waals surface area contributed by atoms with Gasteiger partial charge >= 0.3 is 0 Å². The summed E-state index contributed by atoms with van der Waals surface area (Å²) < 4.78 is 0. The number of rotatable bonds is 7. The molecule has 1 aromatic carbocycles. The first-order valence-electron chi connectivity index (χ1n) is 10.8. The minimum atomic E-state index is -0.0677. The number of nitrogens with one attached hydrogen (secondary N) is 1. The largest absolute Gasteiger partial charge is 0.352 e. The summed E-state index contributed by atoms with van der Waals surface area (Å²) in [4.78, 5) is 24.7. The molecule has 0 saturated heterocycles. The van der Waals surface area contributed by atoms with Crippen LogP contribution in [0.4, 0.5) is 0 Å². The molecule has 3 heterocycles. The standard InChI is InChI=1S/C26H23N3OS2/c30-26(27-14-4-9-18-7-2-1-3-8-18)19-12-13-20-21(17-19)29-25(23-11-6-16-32-23)24(28-20)22-10-5-15-31-22/h2,5-8,10-13,15-17H,1,3-4,9,14H2,(H,27,30). The maximum atomic E-state index is 12.7. The van der Waals surface area contributed by atoms with Crippen LogP contribution < -0.4 is 5.32 Å². The molecular formula is C26H23N3OS2. The molecule has 0 fully saturated rings. The number of nitrogens with zero attached hydrogens (tertiary/aromatic N) is 2. The molecule has 5 rings (SSSR count). The maximum absolute atomic E-state index is 12.7. The van der Waals surface area contributed by atoms with Gasteiger partial charge in [-0.2, -0.15) is 0 Å². The molecule has 160 valence electrons. The number of fused-ring (bicyclic) bond motifs is 1. The number of benzene rings is 1. The first-order chi connectivity index (χ1) is 15.8. The fraction of sp³-hybridized carbons (Fsp3) is 0.192. The van der Waals surface area contributed by atoms with Crippen molar-refractivity contribution in [1.82, 2.24) is 15.3 Å². The Bertz CT molecular complexity index is 1290. The molecule has 32 heavy (non-hydrogen) atoms. The van der Waals surface area contributed by atoms with Crippen molar-refractivity contribution in [3.63, 3.8) is 0 Å². The molecule has 6 heteroatoms. The number of carbonyl (C=O) groups excluding carboxylic acids is 1. The van der Waals surface area contributed by atoms with Gasteiger partial charge in [-0.15, -0.1) is 22.7 Å². The van der Waals surface area contributed by atoms with Crippen molar-refractivity contribution >= 4 is 39.6 Å². The van der Waals surface area contributed by atoms with Gasteiger partial charge in [0.15, 0.2) is 0 Å². The topological polar surface area (TPSA) is 54.9 Å².